The van der Waals surface area contributed by atoms with Crippen molar-refractivity contribution in [3.05, 3.63) is 59.4 Å². The lowest BCUT2D eigenvalue weighted by Crippen LogP contribution is -2.35. The molecule has 0 fully saturated rings. The predicted octanol–water partition coefficient (Wildman–Crippen LogP) is 3.23. The Hall–Kier alpha value is -2.36. The van der Waals surface area contributed by atoms with Gasteiger partial charge in [-0.3, -0.25) is 4.79 Å². The van der Waals surface area contributed by atoms with Gasteiger partial charge in [0.05, 0.1) is 12.0 Å². The molecule has 0 radical (unpaired) electrons. The van der Waals surface area contributed by atoms with Crippen LogP contribution in [-0.4, -0.2) is 5.91 Å². The SMILES string of the molecule is CC1(C)C(=O)N(Cc2cc(F)ccc2N)c2ccccc21. The molecule has 1 amide bonds. The number of para-hydroxylation sites is 1. The largest absolute Gasteiger partial charge is 0.398 e. The number of carbonyl (C=O) groups excluding carboxylic acids is 1. The summed E-state index contributed by atoms with van der Waals surface area (Å²) in [5.41, 5.74) is 8.30. The van der Waals surface area contributed by atoms with Crippen LogP contribution in [-0.2, 0) is 16.8 Å². The number of hydrogen-bond acceptors (Lipinski definition) is 2. The molecule has 0 aromatic heterocycles. The van der Waals surface area contributed by atoms with Crippen LogP contribution in [0.25, 0.3) is 0 Å². The molecule has 0 bridgehead atoms. The molecule has 1 heterocycles. The lowest BCUT2D eigenvalue weighted by Gasteiger charge is -2.21. The number of rotatable bonds is 2. The van der Waals surface area contributed by atoms with Gasteiger partial charge in [0.1, 0.15) is 5.82 Å². The number of amides is 1. The van der Waals surface area contributed by atoms with E-state index in [2.05, 4.69) is 0 Å². The summed E-state index contributed by atoms with van der Waals surface area (Å²) in [4.78, 5) is 14.4. The Labute approximate surface area is 123 Å². The van der Waals surface area contributed by atoms with Crippen molar-refractivity contribution in [2.75, 3.05) is 10.6 Å². The molecule has 2 aromatic carbocycles. The fraction of sp³-hybridized carbons (Fsp3) is 0.235. The predicted molar refractivity (Wildman–Crippen MR) is 81.5 cm³/mol. The van der Waals surface area contributed by atoms with E-state index in [9.17, 15) is 9.18 Å². The highest BCUT2D eigenvalue weighted by Gasteiger charge is 2.43. The van der Waals surface area contributed by atoms with Crippen LogP contribution in [0.15, 0.2) is 42.5 Å². The van der Waals surface area contributed by atoms with Crippen molar-refractivity contribution in [3.63, 3.8) is 0 Å². The molecule has 0 atom stereocenters. The minimum Gasteiger partial charge on any atom is -0.398 e. The van der Waals surface area contributed by atoms with Gasteiger partial charge in [-0.25, -0.2) is 4.39 Å². The van der Waals surface area contributed by atoms with Crippen LogP contribution in [0.2, 0.25) is 0 Å². The Morgan fingerprint density at radius 1 is 1.19 bits per heavy atom. The first-order valence-electron chi connectivity index (χ1n) is 6.86. The van der Waals surface area contributed by atoms with Gasteiger partial charge in [0.25, 0.3) is 0 Å². The Kier molecular flexibility index (Phi) is 2.97. The van der Waals surface area contributed by atoms with Gasteiger partial charge >= 0.3 is 0 Å². The maximum Gasteiger partial charge on any atom is 0.237 e. The zero-order valence-electron chi connectivity index (χ0n) is 12.1. The number of nitrogens with two attached hydrogens (primary N) is 1. The number of nitrogens with zero attached hydrogens (tertiary/aromatic N) is 1. The second-order valence-electron chi connectivity index (χ2n) is 5.88. The summed E-state index contributed by atoms with van der Waals surface area (Å²) in [6.45, 7) is 4.09. The van der Waals surface area contributed by atoms with E-state index in [-0.39, 0.29) is 18.3 Å². The molecule has 21 heavy (non-hydrogen) atoms. The summed E-state index contributed by atoms with van der Waals surface area (Å²) in [6.07, 6.45) is 0. The lowest BCUT2D eigenvalue weighted by molar-refractivity contribution is -0.122. The third kappa shape index (κ3) is 2.07. The summed E-state index contributed by atoms with van der Waals surface area (Å²) in [7, 11) is 0. The summed E-state index contributed by atoms with van der Waals surface area (Å²) < 4.78 is 13.4. The van der Waals surface area contributed by atoms with Crippen LogP contribution in [0.5, 0.6) is 0 Å². The van der Waals surface area contributed by atoms with E-state index in [0.29, 0.717) is 11.3 Å². The first-order chi connectivity index (χ1) is 9.91. The van der Waals surface area contributed by atoms with Crippen molar-refractivity contribution in [2.24, 2.45) is 0 Å². The number of hydrogen-bond donors (Lipinski definition) is 1. The Bertz CT molecular complexity index is 724. The molecular weight excluding hydrogens is 267 g/mol. The van der Waals surface area contributed by atoms with Crippen molar-refractivity contribution in [1.29, 1.82) is 0 Å². The topological polar surface area (TPSA) is 46.3 Å². The molecule has 2 aromatic rings. The van der Waals surface area contributed by atoms with Crippen LogP contribution in [0.3, 0.4) is 0 Å². The van der Waals surface area contributed by atoms with Gasteiger partial charge in [-0.05, 0) is 49.2 Å². The zero-order chi connectivity index (χ0) is 15.2. The van der Waals surface area contributed by atoms with Crippen molar-refractivity contribution in [2.45, 2.75) is 25.8 Å². The molecule has 0 saturated heterocycles. The van der Waals surface area contributed by atoms with Crippen molar-refractivity contribution < 1.29 is 9.18 Å². The zero-order valence-corrected chi connectivity index (χ0v) is 12.1. The Morgan fingerprint density at radius 2 is 1.90 bits per heavy atom. The van der Waals surface area contributed by atoms with Crippen LogP contribution >= 0.6 is 0 Å². The van der Waals surface area contributed by atoms with Crippen LogP contribution < -0.4 is 10.6 Å². The van der Waals surface area contributed by atoms with Gasteiger partial charge in [0, 0.05) is 11.4 Å². The Morgan fingerprint density at radius 3 is 2.67 bits per heavy atom. The van der Waals surface area contributed by atoms with Crippen LogP contribution in [0, 0.1) is 5.82 Å². The van der Waals surface area contributed by atoms with Gasteiger partial charge in [0.2, 0.25) is 5.91 Å². The second-order valence-corrected chi connectivity index (χ2v) is 5.88. The number of halogens is 1. The molecule has 0 aliphatic carbocycles. The van der Waals surface area contributed by atoms with Gasteiger partial charge in [0.15, 0.2) is 0 Å². The highest BCUT2D eigenvalue weighted by Crippen LogP contribution is 2.42. The molecule has 3 rings (SSSR count). The van der Waals surface area contributed by atoms with Gasteiger partial charge in [-0.2, -0.15) is 0 Å². The van der Waals surface area contributed by atoms with E-state index >= 15 is 0 Å². The van der Waals surface area contributed by atoms with Gasteiger partial charge < -0.3 is 10.6 Å². The molecule has 1 aliphatic heterocycles. The average molecular weight is 284 g/mol. The molecule has 0 spiro atoms. The van der Waals surface area contributed by atoms with E-state index in [1.807, 2.05) is 38.1 Å². The number of carbonyl (C=O) groups is 1. The molecule has 0 unspecified atom stereocenters. The lowest BCUT2D eigenvalue weighted by atomic mass is 9.86. The summed E-state index contributed by atoms with van der Waals surface area (Å²) >= 11 is 0. The molecule has 4 heteroatoms. The van der Waals surface area contributed by atoms with E-state index < -0.39 is 5.41 Å². The average Bonchev–Trinajstić information content (AvgIpc) is 2.65. The molecule has 2 N–H and O–H groups in total. The second kappa shape index (κ2) is 4.58. The highest BCUT2D eigenvalue weighted by atomic mass is 19.1. The van der Waals surface area contributed by atoms with Crippen molar-refractivity contribution >= 4 is 17.3 Å². The maximum absolute atomic E-state index is 13.4. The third-order valence-corrected chi connectivity index (χ3v) is 4.08. The highest BCUT2D eigenvalue weighted by molar-refractivity contribution is 6.07. The number of nitrogen functional groups attached to an aromatic ring is 1. The van der Waals surface area contributed by atoms with Crippen LogP contribution in [0.4, 0.5) is 15.8 Å². The monoisotopic (exact) mass is 284 g/mol. The van der Waals surface area contributed by atoms with E-state index in [0.717, 1.165) is 11.3 Å². The van der Waals surface area contributed by atoms with Crippen molar-refractivity contribution in [3.8, 4) is 0 Å². The first-order valence-corrected chi connectivity index (χ1v) is 6.86. The third-order valence-electron chi connectivity index (χ3n) is 4.08. The van der Waals surface area contributed by atoms with E-state index in [1.54, 1.807) is 4.90 Å². The minimum absolute atomic E-state index is 0.00682. The Balaban J connectivity index is 2.04. The van der Waals surface area contributed by atoms with Gasteiger partial charge in [-0.15, -0.1) is 0 Å². The minimum atomic E-state index is -0.571. The number of anilines is 2. The first kappa shape index (κ1) is 13.6. The summed E-state index contributed by atoms with van der Waals surface area (Å²) in [6, 6.07) is 11.9. The smallest absolute Gasteiger partial charge is 0.237 e. The van der Waals surface area contributed by atoms with Crippen molar-refractivity contribution in [1.82, 2.24) is 0 Å². The van der Waals surface area contributed by atoms with Gasteiger partial charge in [-0.1, -0.05) is 18.2 Å². The number of benzene rings is 2. The normalized spacial score (nSPS) is 16.1. The summed E-state index contributed by atoms with van der Waals surface area (Å²) in [5, 5.41) is 0. The molecule has 3 nitrogen and oxygen atoms in total. The van der Waals surface area contributed by atoms with Crippen LogP contribution in [0.1, 0.15) is 25.0 Å². The molecule has 0 saturated carbocycles. The fourth-order valence-electron chi connectivity index (χ4n) is 2.84. The molecule has 1 aliphatic rings. The maximum atomic E-state index is 13.4. The van der Waals surface area contributed by atoms with E-state index in [4.69, 9.17) is 5.73 Å². The fourth-order valence-corrected chi connectivity index (χ4v) is 2.84. The number of fused-ring (bicyclic) bond motifs is 1. The molecular formula is C17H17FN2O. The quantitative estimate of drug-likeness (QED) is 0.861. The molecule has 108 valence electrons. The standard InChI is InChI=1S/C17H17FN2O/c1-17(2)13-5-3-4-6-15(13)20(16(17)21)10-11-9-12(18)7-8-14(11)19/h3-9H,10,19H2,1-2H3. The van der Waals surface area contributed by atoms with E-state index in [1.165, 1.54) is 18.2 Å². The summed E-state index contributed by atoms with van der Waals surface area (Å²) in [5.74, 6) is -0.342.